The standard InChI is InChI=1S/C20H18N2O3/c1-24-15-11-9-14(10-12-15)5-4-7-18(23)16(13-21)20-22-17-6-2-3-8-19(17)25-20/h2-3,6,8-12,16H,4-5,7H2,1H3. The first-order chi connectivity index (χ1) is 12.2. The molecule has 0 bridgehead atoms. The van der Waals surface area contributed by atoms with Gasteiger partial charge in [-0.25, -0.2) is 4.98 Å². The number of fused-ring (bicyclic) bond motifs is 1. The summed E-state index contributed by atoms with van der Waals surface area (Å²) in [4.78, 5) is 16.7. The summed E-state index contributed by atoms with van der Waals surface area (Å²) in [6.07, 6.45) is 1.74. The molecule has 0 fully saturated rings. The fraction of sp³-hybridized carbons (Fsp3) is 0.250. The van der Waals surface area contributed by atoms with Crippen molar-refractivity contribution < 1.29 is 13.9 Å². The number of hydrogen-bond acceptors (Lipinski definition) is 5. The Bertz CT molecular complexity index is 874. The molecule has 0 N–H and O–H groups in total. The van der Waals surface area contributed by atoms with Gasteiger partial charge < -0.3 is 9.15 Å². The Morgan fingerprint density at radius 1 is 1.24 bits per heavy atom. The van der Waals surface area contributed by atoms with E-state index in [0.29, 0.717) is 23.9 Å². The number of nitrogens with zero attached hydrogens (tertiary/aromatic N) is 2. The van der Waals surface area contributed by atoms with Crippen LogP contribution in [0.15, 0.2) is 52.9 Å². The number of methoxy groups -OCH3 is 1. The maximum atomic E-state index is 12.4. The molecule has 1 aromatic heterocycles. The van der Waals surface area contributed by atoms with Gasteiger partial charge in [0.1, 0.15) is 11.3 Å². The van der Waals surface area contributed by atoms with Crippen molar-refractivity contribution >= 4 is 16.9 Å². The molecule has 2 aromatic carbocycles. The number of carbonyl (C=O) groups is 1. The van der Waals surface area contributed by atoms with Crippen molar-refractivity contribution in [2.45, 2.75) is 25.2 Å². The molecule has 1 atom stereocenters. The molecule has 0 saturated heterocycles. The second kappa shape index (κ2) is 7.63. The van der Waals surface area contributed by atoms with Crippen molar-refractivity contribution in [1.82, 2.24) is 4.98 Å². The number of ether oxygens (including phenoxy) is 1. The van der Waals surface area contributed by atoms with Crippen molar-refractivity contribution in [2.24, 2.45) is 0 Å². The molecule has 3 rings (SSSR count). The minimum atomic E-state index is -0.955. The zero-order valence-corrected chi connectivity index (χ0v) is 13.9. The molecule has 0 radical (unpaired) electrons. The van der Waals surface area contributed by atoms with E-state index in [9.17, 15) is 10.1 Å². The molecule has 0 aliphatic carbocycles. The molecule has 1 heterocycles. The van der Waals surface area contributed by atoms with Gasteiger partial charge in [0, 0.05) is 6.42 Å². The van der Waals surface area contributed by atoms with Crippen LogP contribution in [0.25, 0.3) is 11.1 Å². The summed E-state index contributed by atoms with van der Waals surface area (Å²) in [6.45, 7) is 0. The van der Waals surface area contributed by atoms with Gasteiger partial charge in [-0.1, -0.05) is 24.3 Å². The fourth-order valence-electron chi connectivity index (χ4n) is 2.68. The minimum absolute atomic E-state index is 0.164. The summed E-state index contributed by atoms with van der Waals surface area (Å²) in [5, 5.41) is 9.36. The molecule has 5 nitrogen and oxygen atoms in total. The Labute approximate surface area is 145 Å². The van der Waals surface area contributed by atoms with Gasteiger partial charge >= 0.3 is 0 Å². The van der Waals surface area contributed by atoms with E-state index < -0.39 is 5.92 Å². The predicted molar refractivity (Wildman–Crippen MR) is 93.3 cm³/mol. The number of rotatable bonds is 7. The van der Waals surface area contributed by atoms with Gasteiger partial charge in [0.25, 0.3) is 0 Å². The average Bonchev–Trinajstić information content (AvgIpc) is 3.06. The molecule has 126 valence electrons. The molecular formula is C20H18N2O3. The van der Waals surface area contributed by atoms with Crippen molar-refractivity contribution in [3.8, 4) is 11.8 Å². The summed E-state index contributed by atoms with van der Waals surface area (Å²) in [5.74, 6) is -0.135. The second-order valence-corrected chi connectivity index (χ2v) is 5.75. The van der Waals surface area contributed by atoms with Crippen molar-refractivity contribution in [2.75, 3.05) is 7.11 Å². The van der Waals surface area contributed by atoms with Crippen LogP contribution in [-0.2, 0) is 11.2 Å². The molecular weight excluding hydrogens is 316 g/mol. The monoisotopic (exact) mass is 334 g/mol. The maximum absolute atomic E-state index is 12.4. The van der Waals surface area contributed by atoms with Crippen LogP contribution in [0.1, 0.15) is 30.2 Å². The third-order valence-corrected chi connectivity index (χ3v) is 4.06. The van der Waals surface area contributed by atoms with Crippen LogP contribution in [0.3, 0.4) is 0 Å². The zero-order valence-electron chi connectivity index (χ0n) is 13.9. The molecule has 0 aliphatic rings. The Hall–Kier alpha value is -3.13. The number of carbonyl (C=O) groups excluding carboxylic acids is 1. The highest BCUT2D eigenvalue weighted by atomic mass is 16.5. The molecule has 3 aromatic rings. The first-order valence-electron chi connectivity index (χ1n) is 8.12. The van der Waals surface area contributed by atoms with Crippen molar-refractivity contribution in [1.29, 1.82) is 5.26 Å². The van der Waals surface area contributed by atoms with E-state index >= 15 is 0 Å². The van der Waals surface area contributed by atoms with Gasteiger partial charge in [-0.2, -0.15) is 5.26 Å². The van der Waals surface area contributed by atoms with Gasteiger partial charge in [0.15, 0.2) is 17.3 Å². The van der Waals surface area contributed by atoms with E-state index in [-0.39, 0.29) is 11.7 Å². The smallest absolute Gasteiger partial charge is 0.220 e. The van der Waals surface area contributed by atoms with E-state index in [0.717, 1.165) is 17.7 Å². The van der Waals surface area contributed by atoms with Crippen LogP contribution < -0.4 is 4.74 Å². The summed E-state index contributed by atoms with van der Waals surface area (Å²) in [5.41, 5.74) is 2.37. The highest BCUT2D eigenvalue weighted by Gasteiger charge is 2.25. The lowest BCUT2D eigenvalue weighted by atomic mass is 9.99. The van der Waals surface area contributed by atoms with Gasteiger partial charge in [-0.15, -0.1) is 0 Å². The largest absolute Gasteiger partial charge is 0.497 e. The Morgan fingerprint density at radius 3 is 2.68 bits per heavy atom. The number of ketones is 1. The van der Waals surface area contributed by atoms with Gasteiger partial charge in [0.05, 0.1) is 13.2 Å². The van der Waals surface area contributed by atoms with Crippen LogP contribution in [0.4, 0.5) is 0 Å². The lowest BCUT2D eigenvalue weighted by Crippen LogP contribution is -2.11. The molecule has 25 heavy (non-hydrogen) atoms. The third-order valence-electron chi connectivity index (χ3n) is 4.06. The van der Waals surface area contributed by atoms with Gasteiger partial charge in [-0.05, 0) is 42.7 Å². The molecule has 0 saturated carbocycles. The lowest BCUT2D eigenvalue weighted by Gasteiger charge is -2.05. The van der Waals surface area contributed by atoms with Crippen LogP contribution in [0, 0.1) is 11.3 Å². The summed E-state index contributed by atoms with van der Waals surface area (Å²) in [6, 6.07) is 17.0. The normalized spacial score (nSPS) is 11.8. The minimum Gasteiger partial charge on any atom is -0.497 e. The molecule has 0 amide bonds. The third kappa shape index (κ3) is 3.86. The summed E-state index contributed by atoms with van der Waals surface area (Å²) < 4.78 is 10.7. The first kappa shape index (κ1) is 16.7. The first-order valence-corrected chi connectivity index (χ1v) is 8.12. The Morgan fingerprint density at radius 2 is 2.00 bits per heavy atom. The summed E-state index contributed by atoms with van der Waals surface area (Å²) in [7, 11) is 1.63. The fourth-order valence-corrected chi connectivity index (χ4v) is 2.68. The summed E-state index contributed by atoms with van der Waals surface area (Å²) >= 11 is 0. The average molecular weight is 334 g/mol. The van der Waals surface area contributed by atoms with Crippen LogP contribution >= 0.6 is 0 Å². The highest BCUT2D eigenvalue weighted by molar-refractivity contribution is 5.88. The van der Waals surface area contributed by atoms with Gasteiger partial charge in [0.2, 0.25) is 5.89 Å². The second-order valence-electron chi connectivity index (χ2n) is 5.75. The van der Waals surface area contributed by atoms with Crippen LogP contribution in [0.5, 0.6) is 5.75 Å². The number of para-hydroxylation sites is 2. The number of hydrogen-bond donors (Lipinski definition) is 0. The molecule has 5 heteroatoms. The number of Topliss-reactive ketones (excluding diaryl/α,β-unsaturated/α-hetero) is 1. The topological polar surface area (TPSA) is 76.1 Å². The quantitative estimate of drug-likeness (QED) is 0.652. The zero-order chi connectivity index (χ0) is 17.6. The Kier molecular flexibility index (Phi) is 5.10. The number of aryl methyl sites for hydroxylation is 1. The molecule has 1 unspecified atom stereocenters. The highest BCUT2D eigenvalue weighted by Crippen LogP contribution is 2.23. The molecule has 0 spiro atoms. The molecule has 0 aliphatic heterocycles. The SMILES string of the molecule is COc1ccc(CCCC(=O)C(C#N)c2nc3ccccc3o2)cc1. The van der Waals surface area contributed by atoms with E-state index in [4.69, 9.17) is 9.15 Å². The van der Waals surface area contributed by atoms with Crippen LogP contribution in [0.2, 0.25) is 0 Å². The number of benzene rings is 2. The van der Waals surface area contributed by atoms with E-state index in [1.165, 1.54) is 0 Å². The van der Waals surface area contributed by atoms with E-state index in [1.807, 2.05) is 42.5 Å². The number of oxazole rings is 1. The van der Waals surface area contributed by atoms with E-state index in [1.54, 1.807) is 19.2 Å². The Balaban J connectivity index is 1.61. The van der Waals surface area contributed by atoms with E-state index in [2.05, 4.69) is 4.98 Å². The maximum Gasteiger partial charge on any atom is 0.220 e. The van der Waals surface area contributed by atoms with Crippen molar-refractivity contribution in [3.63, 3.8) is 0 Å². The predicted octanol–water partition coefficient (Wildman–Crippen LogP) is 4.04. The van der Waals surface area contributed by atoms with Crippen LogP contribution in [-0.4, -0.2) is 17.9 Å². The number of nitriles is 1. The lowest BCUT2D eigenvalue weighted by molar-refractivity contribution is -0.119. The van der Waals surface area contributed by atoms with Crippen molar-refractivity contribution in [3.05, 3.63) is 60.0 Å². The van der Waals surface area contributed by atoms with Gasteiger partial charge in [-0.3, -0.25) is 4.79 Å². The number of aromatic nitrogens is 1.